The molecule has 0 aromatic carbocycles. The number of hydrogen-bond donors (Lipinski definition) is 2. The average Bonchev–Trinajstić information content (AvgIpc) is 2.21. The van der Waals surface area contributed by atoms with Gasteiger partial charge in [0.1, 0.15) is 5.76 Å². The van der Waals surface area contributed by atoms with Gasteiger partial charge in [-0.2, -0.15) is 0 Å². The van der Waals surface area contributed by atoms with E-state index in [2.05, 4.69) is 0 Å². The number of carboxylic acids is 1. The molecule has 1 rings (SSSR count). The van der Waals surface area contributed by atoms with E-state index < -0.39 is 11.4 Å². The third kappa shape index (κ3) is 2.25. The fraction of sp³-hybridized carbons (Fsp3) is 0.364. The van der Waals surface area contributed by atoms with Crippen LogP contribution >= 0.6 is 23.2 Å². The lowest BCUT2D eigenvalue weighted by Crippen LogP contribution is -2.26. The molecule has 0 spiro atoms. The van der Waals surface area contributed by atoms with Crippen LogP contribution in [0.5, 0.6) is 0 Å². The van der Waals surface area contributed by atoms with Crippen molar-refractivity contribution in [1.29, 1.82) is 0 Å². The number of hydrogen-bond acceptors (Lipinski definition) is 2. The van der Waals surface area contributed by atoms with E-state index in [1.165, 1.54) is 6.08 Å². The fourth-order valence-electron chi connectivity index (χ4n) is 1.50. The number of halogens is 2. The first-order chi connectivity index (χ1) is 7.29. The molecule has 0 fully saturated rings. The first-order valence-corrected chi connectivity index (χ1v) is 5.43. The quantitative estimate of drug-likeness (QED) is 0.750. The highest BCUT2D eigenvalue weighted by molar-refractivity contribution is 6.41. The Morgan fingerprint density at radius 3 is 2.62 bits per heavy atom. The molecule has 0 aromatic rings. The lowest BCUT2D eigenvalue weighted by Gasteiger charge is -2.34. The Morgan fingerprint density at radius 2 is 2.12 bits per heavy atom. The maximum absolute atomic E-state index is 10.5. The van der Waals surface area contributed by atoms with Crippen molar-refractivity contribution in [3.05, 3.63) is 34.1 Å². The van der Waals surface area contributed by atoms with Gasteiger partial charge in [0.05, 0.1) is 10.1 Å². The van der Waals surface area contributed by atoms with E-state index in [0.29, 0.717) is 0 Å². The third-order valence-electron chi connectivity index (χ3n) is 2.82. The monoisotopic (exact) mass is 262 g/mol. The average molecular weight is 263 g/mol. The van der Waals surface area contributed by atoms with Crippen molar-refractivity contribution in [2.45, 2.75) is 13.8 Å². The van der Waals surface area contributed by atoms with Crippen LogP contribution in [0.1, 0.15) is 13.8 Å². The van der Waals surface area contributed by atoms with Crippen molar-refractivity contribution in [2.24, 2.45) is 11.3 Å². The minimum Gasteiger partial charge on any atom is -0.507 e. The summed E-state index contributed by atoms with van der Waals surface area (Å²) in [6.45, 7) is 3.60. The molecule has 0 radical (unpaired) electrons. The van der Waals surface area contributed by atoms with E-state index in [9.17, 15) is 9.90 Å². The Kier molecular flexibility index (Phi) is 3.71. The maximum atomic E-state index is 10.5. The molecule has 0 aromatic heterocycles. The molecule has 2 N–H and O–H groups in total. The largest absolute Gasteiger partial charge is 0.507 e. The van der Waals surface area contributed by atoms with Crippen LogP contribution in [0.2, 0.25) is 0 Å². The number of allylic oxidation sites excluding steroid dienone is 4. The molecule has 0 bridgehead atoms. The molecule has 1 aliphatic rings. The smallest absolute Gasteiger partial charge is 0.328 e. The van der Waals surface area contributed by atoms with Crippen molar-refractivity contribution in [3.8, 4) is 0 Å². The van der Waals surface area contributed by atoms with Crippen LogP contribution in [0.25, 0.3) is 0 Å². The Morgan fingerprint density at radius 1 is 1.56 bits per heavy atom. The second kappa shape index (κ2) is 4.52. The van der Waals surface area contributed by atoms with Gasteiger partial charge >= 0.3 is 5.97 Å². The van der Waals surface area contributed by atoms with Gasteiger partial charge in [-0.05, 0) is 12.0 Å². The molecular weight excluding hydrogens is 251 g/mol. The van der Waals surface area contributed by atoms with Crippen LogP contribution in [0.4, 0.5) is 0 Å². The summed E-state index contributed by atoms with van der Waals surface area (Å²) in [6.07, 6.45) is 4.06. The van der Waals surface area contributed by atoms with E-state index in [-0.39, 0.29) is 21.7 Å². The summed E-state index contributed by atoms with van der Waals surface area (Å²) in [6, 6.07) is 0. The second-order valence-electron chi connectivity index (χ2n) is 3.92. The van der Waals surface area contributed by atoms with Crippen molar-refractivity contribution >= 4 is 29.2 Å². The van der Waals surface area contributed by atoms with E-state index in [1.807, 2.05) is 6.92 Å². The van der Waals surface area contributed by atoms with Crippen molar-refractivity contribution in [2.75, 3.05) is 0 Å². The van der Waals surface area contributed by atoms with E-state index >= 15 is 0 Å². The van der Waals surface area contributed by atoms with Crippen LogP contribution in [-0.4, -0.2) is 16.2 Å². The minimum absolute atomic E-state index is 0.0669. The summed E-state index contributed by atoms with van der Waals surface area (Å²) in [7, 11) is 0. The van der Waals surface area contributed by atoms with Crippen LogP contribution in [-0.2, 0) is 4.79 Å². The predicted octanol–water partition coefficient (Wildman–Crippen LogP) is 3.41. The van der Waals surface area contributed by atoms with Gasteiger partial charge in [0.25, 0.3) is 0 Å². The first kappa shape index (κ1) is 13.1. The molecule has 3 nitrogen and oxygen atoms in total. The molecule has 1 aliphatic carbocycles. The SMILES string of the molecule is CC1C=C(O)C(Cl)=C(Cl)C1(C)/C=C/C(=O)O. The van der Waals surface area contributed by atoms with Gasteiger partial charge in [-0.1, -0.05) is 43.1 Å². The summed E-state index contributed by atoms with van der Waals surface area (Å²) in [4.78, 5) is 10.5. The second-order valence-corrected chi connectivity index (χ2v) is 4.68. The first-order valence-electron chi connectivity index (χ1n) is 4.68. The van der Waals surface area contributed by atoms with Crippen LogP contribution in [0, 0.1) is 11.3 Å². The van der Waals surface area contributed by atoms with Crippen LogP contribution in [0.3, 0.4) is 0 Å². The fourth-order valence-corrected chi connectivity index (χ4v) is 2.10. The molecule has 0 aliphatic heterocycles. The summed E-state index contributed by atoms with van der Waals surface area (Å²) < 4.78 is 0. The van der Waals surface area contributed by atoms with Gasteiger partial charge < -0.3 is 10.2 Å². The predicted molar refractivity (Wildman–Crippen MR) is 63.5 cm³/mol. The number of carboxylic acid groups (broad SMARTS) is 1. The van der Waals surface area contributed by atoms with Gasteiger partial charge in [0, 0.05) is 11.5 Å². The molecule has 5 heteroatoms. The van der Waals surface area contributed by atoms with Crippen LogP contribution < -0.4 is 0 Å². The topological polar surface area (TPSA) is 57.5 Å². The highest BCUT2D eigenvalue weighted by atomic mass is 35.5. The lowest BCUT2D eigenvalue weighted by atomic mass is 9.74. The molecule has 2 unspecified atom stereocenters. The highest BCUT2D eigenvalue weighted by Gasteiger charge is 2.37. The summed E-state index contributed by atoms with van der Waals surface area (Å²) in [5.74, 6) is -1.26. The Hall–Kier alpha value is -0.930. The van der Waals surface area contributed by atoms with Crippen LogP contribution in [0.15, 0.2) is 34.1 Å². The number of aliphatic carboxylic acids is 1. The standard InChI is InChI=1S/C11H12Cl2O3/c1-6-5-7(14)9(12)10(13)11(6,2)4-3-8(15)16/h3-6,14H,1-2H3,(H,15,16)/b4-3+. The molecule has 16 heavy (non-hydrogen) atoms. The normalized spacial score (nSPS) is 30.8. The lowest BCUT2D eigenvalue weighted by molar-refractivity contribution is -0.131. The van der Waals surface area contributed by atoms with Crippen molar-refractivity contribution in [3.63, 3.8) is 0 Å². The Labute approximate surface area is 104 Å². The molecule has 2 atom stereocenters. The molecule has 0 heterocycles. The zero-order valence-electron chi connectivity index (χ0n) is 8.87. The van der Waals surface area contributed by atoms with Gasteiger partial charge in [0.15, 0.2) is 0 Å². The molecule has 0 amide bonds. The van der Waals surface area contributed by atoms with Gasteiger partial charge in [-0.3, -0.25) is 0 Å². The van der Waals surface area contributed by atoms with Gasteiger partial charge in [-0.25, -0.2) is 4.79 Å². The summed E-state index contributed by atoms with van der Waals surface area (Å²) in [5, 5.41) is 18.4. The number of aliphatic hydroxyl groups excluding tert-OH is 1. The number of aliphatic hydroxyl groups is 1. The number of rotatable bonds is 2. The highest BCUT2D eigenvalue weighted by Crippen LogP contribution is 2.47. The zero-order valence-corrected chi connectivity index (χ0v) is 10.4. The van der Waals surface area contributed by atoms with E-state index in [4.69, 9.17) is 28.3 Å². The van der Waals surface area contributed by atoms with Crippen molar-refractivity contribution in [1.82, 2.24) is 0 Å². The van der Waals surface area contributed by atoms with E-state index in [1.54, 1.807) is 13.0 Å². The molecule has 0 saturated heterocycles. The Bertz CT molecular complexity index is 409. The van der Waals surface area contributed by atoms with Gasteiger partial charge in [0.2, 0.25) is 0 Å². The molecule has 0 saturated carbocycles. The third-order valence-corrected chi connectivity index (χ3v) is 3.89. The zero-order chi connectivity index (χ0) is 12.5. The summed E-state index contributed by atoms with van der Waals surface area (Å²) >= 11 is 11.9. The Balaban J connectivity index is 3.19. The van der Waals surface area contributed by atoms with Gasteiger partial charge in [-0.15, -0.1) is 0 Å². The minimum atomic E-state index is -1.05. The molecular formula is C11H12Cl2O3. The number of carbonyl (C=O) groups is 1. The maximum Gasteiger partial charge on any atom is 0.328 e. The summed E-state index contributed by atoms with van der Waals surface area (Å²) in [5.41, 5.74) is -0.705. The van der Waals surface area contributed by atoms with Crippen molar-refractivity contribution < 1.29 is 15.0 Å². The molecule has 88 valence electrons. The van der Waals surface area contributed by atoms with E-state index in [0.717, 1.165) is 6.08 Å².